The van der Waals surface area contributed by atoms with Crippen molar-refractivity contribution in [3.8, 4) is 11.4 Å². The summed E-state index contributed by atoms with van der Waals surface area (Å²) < 4.78 is 1.93. The first-order valence-electron chi connectivity index (χ1n) is 9.88. The highest BCUT2D eigenvalue weighted by atomic mass is 35.5. The van der Waals surface area contributed by atoms with Crippen LogP contribution in [-0.4, -0.2) is 35.8 Å². The van der Waals surface area contributed by atoms with E-state index >= 15 is 0 Å². The van der Waals surface area contributed by atoms with Crippen LogP contribution in [0.3, 0.4) is 0 Å². The molecule has 0 fully saturated rings. The van der Waals surface area contributed by atoms with E-state index in [1.165, 1.54) is 0 Å². The van der Waals surface area contributed by atoms with E-state index in [-0.39, 0.29) is 6.42 Å². The number of H-pyrrole nitrogens is 1. The number of halogens is 1. The van der Waals surface area contributed by atoms with Crippen LogP contribution in [0.4, 0.5) is 0 Å². The van der Waals surface area contributed by atoms with Crippen molar-refractivity contribution in [1.29, 1.82) is 0 Å². The standard InChI is InChI=1S/C22H22ClN5O2/c1-3-17-16(10-20(29)30)19(4-2)28(27-17)12-13-5-7-14(8-6-13)21-25-18-9-15(23)11-24-22(18)26-21/h5-9,11H,3-4,10,12H2,1-2H3,(H,29,30)(H,24,25,26). The molecule has 2 N–H and O–H groups in total. The molecule has 0 spiro atoms. The van der Waals surface area contributed by atoms with Gasteiger partial charge in [0.25, 0.3) is 0 Å². The number of imidazole rings is 1. The minimum Gasteiger partial charge on any atom is -0.481 e. The van der Waals surface area contributed by atoms with E-state index < -0.39 is 5.97 Å². The van der Waals surface area contributed by atoms with Crippen LogP contribution in [0.25, 0.3) is 22.6 Å². The molecule has 0 aliphatic rings. The molecule has 3 heterocycles. The zero-order valence-corrected chi connectivity index (χ0v) is 17.6. The van der Waals surface area contributed by atoms with Gasteiger partial charge in [-0.1, -0.05) is 49.7 Å². The Bertz CT molecular complexity index is 1210. The third-order valence-electron chi connectivity index (χ3n) is 5.11. The summed E-state index contributed by atoms with van der Waals surface area (Å²) in [4.78, 5) is 23.3. The van der Waals surface area contributed by atoms with Gasteiger partial charge in [-0.2, -0.15) is 5.10 Å². The minimum absolute atomic E-state index is 0.00931. The number of pyridine rings is 1. The van der Waals surface area contributed by atoms with Crippen LogP contribution in [0.15, 0.2) is 36.5 Å². The van der Waals surface area contributed by atoms with Gasteiger partial charge in [0.1, 0.15) is 5.82 Å². The van der Waals surface area contributed by atoms with Gasteiger partial charge in [0.2, 0.25) is 0 Å². The molecule has 0 radical (unpaired) electrons. The van der Waals surface area contributed by atoms with Gasteiger partial charge in [-0.25, -0.2) is 9.97 Å². The van der Waals surface area contributed by atoms with Gasteiger partial charge in [0.15, 0.2) is 5.65 Å². The Morgan fingerprint density at radius 3 is 2.63 bits per heavy atom. The highest BCUT2D eigenvalue weighted by Crippen LogP contribution is 2.23. The number of carboxylic acid groups (broad SMARTS) is 1. The van der Waals surface area contributed by atoms with Gasteiger partial charge in [-0.15, -0.1) is 0 Å². The number of aryl methyl sites for hydroxylation is 1. The number of fused-ring (bicyclic) bond motifs is 1. The molecule has 4 aromatic rings. The van der Waals surface area contributed by atoms with Crippen molar-refractivity contribution >= 4 is 28.7 Å². The first-order valence-corrected chi connectivity index (χ1v) is 10.3. The number of carboxylic acids is 1. The fourth-order valence-electron chi connectivity index (χ4n) is 3.71. The molecule has 0 bridgehead atoms. The molecule has 4 rings (SSSR count). The number of aromatic nitrogens is 5. The molecule has 1 aromatic carbocycles. The molecule has 30 heavy (non-hydrogen) atoms. The van der Waals surface area contributed by atoms with Crippen LogP contribution < -0.4 is 0 Å². The molecule has 0 aliphatic heterocycles. The predicted molar refractivity (Wildman–Crippen MR) is 116 cm³/mol. The molecule has 154 valence electrons. The van der Waals surface area contributed by atoms with E-state index in [2.05, 4.69) is 20.1 Å². The predicted octanol–water partition coefficient (Wildman–Crippen LogP) is 4.28. The minimum atomic E-state index is -0.829. The number of nitrogens with one attached hydrogen (secondary N) is 1. The quantitative estimate of drug-likeness (QED) is 0.462. The number of hydrogen-bond donors (Lipinski definition) is 2. The molecule has 3 aromatic heterocycles. The number of carbonyl (C=O) groups is 1. The Morgan fingerprint density at radius 1 is 1.20 bits per heavy atom. The molecular formula is C22H22ClN5O2. The van der Waals surface area contributed by atoms with Crippen LogP contribution in [-0.2, 0) is 30.6 Å². The number of hydrogen-bond acceptors (Lipinski definition) is 4. The Kier molecular flexibility index (Phi) is 5.55. The van der Waals surface area contributed by atoms with E-state index in [1.807, 2.05) is 42.8 Å². The lowest BCUT2D eigenvalue weighted by Gasteiger charge is -2.08. The molecule has 7 nitrogen and oxygen atoms in total. The molecule has 0 amide bonds. The van der Waals surface area contributed by atoms with Crippen molar-refractivity contribution in [3.63, 3.8) is 0 Å². The van der Waals surface area contributed by atoms with Crippen molar-refractivity contribution in [1.82, 2.24) is 24.7 Å². The number of nitrogens with zero attached hydrogens (tertiary/aromatic N) is 4. The van der Waals surface area contributed by atoms with Crippen LogP contribution in [0.2, 0.25) is 5.02 Å². The first-order chi connectivity index (χ1) is 14.5. The Balaban J connectivity index is 1.60. The van der Waals surface area contributed by atoms with Gasteiger partial charge >= 0.3 is 5.97 Å². The number of aliphatic carboxylic acids is 1. The average molecular weight is 424 g/mol. The molecular weight excluding hydrogens is 402 g/mol. The summed E-state index contributed by atoms with van der Waals surface area (Å²) in [5.41, 5.74) is 6.14. The number of aromatic amines is 1. The Labute approximate surface area is 178 Å². The topological polar surface area (TPSA) is 96.7 Å². The lowest BCUT2D eigenvalue weighted by Crippen LogP contribution is -2.08. The SMILES string of the molecule is CCc1nn(Cc2ccc(-c3nc4ncc(Cl)cc4[nH]3)cc2)c(CC)c1CC(=O)O. The maximum absolute atomic E-state index is 11.3. The summed E-state index contributed by atoms with van der Waals surface area (Å²) in [6, 6.07) is 9.88. The summed E-state index contributed by atoms with van der Waals surface area (Å²) in [7, 11) is 0. The summed E-state index contributed by atoms with van der Waals surface area (Å²) >= 11 is 6.00. The molecule has 0 saturated heterocycles. The van der Waals surface area contributed by atoms with Crippen molar-refractivity contribution < 1.29 is 9.90 Å². The third-order valence-corrected chi connectivity index (χ3v) is 5.32. The molecule has 0 unspecified atom stereocenters. The molecule has 0 saturated carbocycles. The third kappa shape index (κ3) is 3.93. The zero-order chi connectivity index (χ0) is 21.3. The summed E-state index contributed by atoms with van der Waals surface area (Å²) in [5.74, 6) is -0.0958. The van der Waals surface area contributed by atoms with Gasteiger partial charge in [-0.3, -0.25) is 9.48 Å². The maximum atomic E-state index is 11.3. The van der Waals surface area contributed by atoms with E-state index in [9.17, 15) is 9.90 Å². The summed E-state index contributed by atoms with van der Waals surface area (Å²) in [6.07, 6.45) is 3.04. The van der Waals surface area contributed by atoms with E-state index in [0.29, 0.717) is 23.6 Å². The smallest absolute Gasteiger partial charge is 0.307 e. The van der Waals surface area contributed by atoms with Crippen LogP contribution in [0, 0.1) is 0 Å². The number of benzene rings is 1. The van der Waals surface area contributed by atoms with Crippen molar-refractivity contribution in [2.75, 3.05) is 0 Å². The zero-order valence-electron chi connectivity index (χ0n) is 16.8. The molecule has 0 atom stereocenters. The van der Waals surface area contributed by atoms with E-state index in [0.717, 1.165) is 45.8 Å². The largest absolute Gasteiger partial charge is 0.481 e. The second-order valence-corrected chi connectivity index (χ2v) is 7.55. The summed E-state index contributed by atoms with van der Waals surface area (Å²) in [5, 5.41) is 14.5. The number of rotatable bonds is 7. The molecule has 0 aliphatic carbocycles. The van der Waals surface area contributed by atoms with Gasteiger partial charge < -0.3 is 10.1 Å². The monoisotopic (exact) mass is 423 g/mol. The Morgan fingerprint density at radius 2 is 1.97 bits per heavy atom. The van der Waals surface area contributed by atoms with Crippen LogP contribution in [0.5, 0.6) is 0 Å². The van der Waals surface area contributed by atoms with Crippen molar-refractivity contribution in [2.24, 2.45) is 0 Å². The first kappa shape index (κ1) is 20.1. The van der Waals surface area contributed by atoms with Gasteiger partial charge in [-0.05, 0) is 24.5 Å². The van der Waals surface area contributed by atoms with E-state index in [1.54, 1.807) is 12.3 Å². The van der Waals surface area contributed by atoms with Crippen molar-refractivity contribution in [3.05, 3.63) is 64.1 Å². The Hall–Kier alpha value is -3.19. The lowest BCUT2D eigenvalue weighted by molar-refractivity contribution is -0.136. The summed E-state index contributed by atoms with van der Waals surface area (Å²) in [6.45, 7) is 4.62. The second-order valence-electron chi connectivity index (χ2n) is 7.11. The van der Waals surface area contributed by atoms with E-state index in [4.69, 9.17) is 11.6 Å². The van der Waals surface area contributed by atoms with Crippen LogP contribution in [0.1, 0.15) is 36.4 Å². The maximum Gasteiger partial charge on any atom is 0.307 e. The fraction of sp³-hybridized carbons (Fsp3) is 0.273. The van der Waals surface area contributed by atoms with Gasteiger partial charge in [0.05, 0.1) is 29.2 Å². The second kappa shape index (κ2) is 8.28. The highest BCUT2D eigenvalue weighted by Gasteiger charge is 2.18. The molecule has 8 heteroatoms. The fourth-order valence-corrected chi connectivity index (χ4v) is 3.86. The van der Waals surface area contributed by atoms with Crippen LogP contribution >= 0.6 is 11.6 Å². The average Bonchev–Trinajstić information content (AvgIpc) is 3.28. The highest BCUT2D eigenvalue weighted by molar-refractivity contribution is 6.31. The van der Waals surface area contributed by atoms with Crippen molar-refractivity contribution in [2.45, 2.75) is 39.7 Å². The lowest BCUT2D eigenvalue weighted by atomic mass is 10.1. The normalized spacial score (nSPS) is 11.3. The van der Waals surface area contributed by atoms with Gasteiger partial charge in [0, 0.05) is 23.0 Å².